The van der Waals surface area contributed by atoms with Gasteiger partial charge in [-0.3, -0.25) is 4.79 Å². The van der Waals surface area contributed by atoms with Crippen LogP contribution in [0.25, 0.3) is 0 Å². The topological polar surface area (TPSA) is 55.1 Å². The SMILES string of the molecule is CSCC[C@@H](N)C(=O)Nc1c(C)cccc1C. The maximum absolute atomic E-state index is 11.9. The largest absolute Gasteiger partial charge is 0.324 e. The highest BCUT2D eigenvalue weighted by Crippen LogP contribution is 2.19. The first-order valence-electron chi connectivity index (χ1n) is 5.68. The van der Waals surface area contributed by atoms with E-state index in [4.69, 9.17) is 5.73 Å². The summed E-state index contributed by atoms with van der Waals surface area (Å²) in [6.07, 6.45) is 2.72. The van der Waals surface area contributed by atoms with Gasteiger partial charge in [-0.15, -0.1) is 0 Å². The number of amides is 1. The fraction of sp³-hybridized carbons (Fsp3) is 0.462. The number of anilines is 1. The summed E-state index contributed by atoms with van der Waals surface area (Å²) >= 11 is 1.70. The Hall–Kier alpha value is -1.00. The number of aryl methyl sites for hydroxylation is 2. The van der Waals surface area contributed by atoms with Crippen LogP contribution in [0.3, 0.4) is 0 Å². The van der Waals surface area contributed by atoms with E-state index in [1.54, 1.807) is 11.8 Å². The second-order valence-corrected chi connectivity index (χ2v) is 5.13. The number of rotatable bonds is 5. The molecule has 3 N–H and O–H groups in total. The van der Waals surface area contributed by atoms with Gasteiger partial charge in [0.15, 0.2) is 0 Å². The molecule has 0 aliphatic carbocycles. The van der Waals surface area contributed by atoms with Crippen LogP contribution in [-0.2, 0) is 4.79 Å². The van der Waals surface area contributed by atoms with Crippen molar-refractivity contribution in [2.24, 2.45) is 5.73 Å². The van der Waals surface area contributed by atoms with Gasteiger partial charge in [-0.2, -0.15) is 11.8 Å². The van der Waals surface area contributed by atoms with Gasteiger partial charge < -0.3 is 11.1 Å². The molecule has 0 unspecified atom stereocenters. The van der Waals surface area contributed by atoms with Crippen LogP contribution >= 0.6 is 11.8 Å². The summed E-state index contributed by atoms with van der Waals surface area (Å²) < 4.78 is 0. The molecular formula is C13H20N2OS. The van der Waals surface area contributed by atoms with E-state index in [-0.39, 0.29) is 5.91 Å². The number of carbonyl (C=O) groups is 1. The summed E-state index contributed by atoms with van der Waals surface area (Å²) in [7, 11) is 0. The predicted molar refractivity (Wildman–Crippen MR) is 75.5 cm³/mol. The number of para-hydroxylation sites is 1. The molecule has 0 bridgehead atoms. The minimum absolute atomic E-state index is 0.101. The molecule has 0 spiro atoms. The van der Waals surface area contributed by atoms with E-state index in [0.29, 0.717) is 6.42 Å². The van der Waals surface area contributed by atoms with Crippen LogP contribution in [0.1, 0.15) is 17.5 Å². The van der Waals surface area contributed by atoms with E-state index >= 15 is 0 Å². The van der Waals surface area contributed by atoms with Crippen molar-refractivity contribution in [3.63, 3.8) is 0 Å². The number of carbonyl (C=O) groups excluding carboxylic acids is 1. The van der Waals surface area contributed by atoms with Crippen LogP contribution in [0.5, 0.6) is 0 Å². The quantitative estimate of drug-likeness (QED) is 0.845. The number of nitrogens with two attached hydrogens (primary N) is 1. The molecule has 0 aliphatic rings. The lowest BCUT2D eigenvalue weighted by atomic mass is 10.1. The van der Waals surface area contributed by atoms with Crippen LogP contribution < -0.4 is 11.1 Å². The highest BCUT2D eigenvalue weighted by molar-refractivity contribution is 7.98. The Morgan fingerprint density at radius 1 is 1.41 bits per heavy atom. The molecule has 4 heteroatoms. The third kappa shape index (κ3) is 4.06. The van der Waals surface area contributed by atoms with Crippen molar-refractivity contribution in [2.45, 2.75) is 26.3 Å². The Morgan fingerprint density at radius 3 is 2.53 bits per heavy atom. The summed E-state index contributed by atoms with van der Waals surface area (Å²) in [6.45, 7) is 3.96. The second kappa shape index (κ2) is 6.67. The van der Waals surface area contributed by atoms with Gasteiger partial charge in [0.2, 0.25) is 5.91 Å². The average molecular weight is 252 g/mol. The monoisotopic (exact) mass is 252 g/mol. The van der Waals surface area contributed by atoms with Crippen molar-refractivity contribution in [3.8, 4) is 0 Å². The van der Waals surface area contributed by atoms with E-state index in [0.717, 1.165) is 22.6 Å². The first-order chi connectivity index (χ1) is 8.06. The maximum atomic E-state index is 11.9. The average Bonchev–Trinajstić information content (AvgIpc) is 2.30. The van der Waals surface area contributed by atoms with E-state index in [1.165, 1.54) is 0 Å². The van der Waals surface area contributed by atoms with E-state index in [2.05, 4.69) is 5.32 Å². The third-order valence-electron chi connectivity index (χ3n) is 2.70. The molecule has 1 amide bonds. The lowest BCUT2D eigenvalue weighted by Gasteiger charge is -2.15. The third-order valence-corrected chi connectivity index (χ3v) is 3.34. The lowest BCUT2D eigenvalue weighted by molar-refractivity contribution is -0.117. The Morgan fingerprint density at radius 2 is 2.00 bits per heavy atom. The molecule has 1 atom stereocenters. The van der Waals surface area contributed by atoms with Gasteiger partial charge in [0.25, 0.3) is 0 Å². The number of benzene rings is 1. The van der Waals surface area contributed by atoms with Gasteiger partial charge in [0.1, 0.15) is 0 Å². The van der Waals surface area contributed by atoms with Gasteiger partial charge in [-0.05, 0) is 43.4 Å². The van der Waals surface area contributed by atoms with Crippen LogP contribution in [0.2, 0.25) is 0 Å². The van der Waals surface area contributed by atoms with E-state index in [9.17, 15) is 4.79 Å². The van der Waals surface area contributed by atoms with Crippen LogP contribution in [0.15, 0.2) is 18.2 Å². The fourth-order valence-electron chi connectivity index (χ4n) is 1.60. The second-order valence-electron chi connectivity index (χ2n) is 4.14. The van der Waals surface area contributed by atoms with Crippen molar-refractivity contribution in [3.05, 3.63) is 29.3 Å². The summed E-state index contributed by atoms with van der Waals surface area (Å²) in [5.74, 6) is 0.804. The highest BCUT2D eigenvalue weighted by atomic mass is 32.2. The molecule has 0 saturated carbocycles. The molecule has 1 aromatic carbocycles. The highest BCUT2D eigenvalue weighted by Gasteiger charge is 2.14. The summed E-state index contributed by atoms with van der Waals surface area (Å²) in [4.78, 5) is 11.9. The number of hydrogen-bond acceptors (Lipinski definition) is 3. The fourth-order valence-corrected chi connectivity index (χ4v) is 2.09. The maximum Gasteiger partial charge on any atom is 0.241 e. The van der Waals surface area contributed by atoms with Crippen molar-refractivity contribution in [2.75, 3.05) is 17.3 Å². The van der Waals surface area contributed by atoms with Crippen molar-refractivity contribution in [1.82, 2.24) is 0 Å². The lowest BCUT2D eigenvalue weighted by Crippen LogP contribution is -2.36. The van der Waals surface area contributed by atoms with Crippen molar-refractivity contribution < 1.29 is 4.79 Å². The molecule has 3 nitrogen and oxygen atoms in total. The molecule has 94 valence electrons. The van der Waals surface area contributed by atoms with Gasteiger partial charge in [0, 0.05) is 5.69 Å². The summed E-state index contributed by atoms with van der Waals surface area (Å²) in [5, 5.41) is 2.91. The minimum Gasteiger partial charge on any atom is -0.324 e. The van der Waals surface area contributed by atoms with Crippen molar-refractivity contribution in [1.29, 1.82) is 0 Å². The molecule has 1 rings (SSSR count). The predicted octanol–water partition coefficient (Wildman–Crippen LogP) is 2.32. The van der Waals surface area contributed by atoms with Gasteiger partial charge in [-0.25, -0.2) is 0 Å². The Bertz CT molecular complexity index is 373. The van der Waals surface area contributed by atoms with Gasteiger partial charge in [0.05, 0.1) is 6.04 Å². The zero-order valence-electron chi connectivity index (χ0n) is 10.6. The van der Waals surface area contributed by atoms with Crippen molar-refractivity contribution >= 4 is 23.4 Å². The molecule has 0 radical (unpaired) electrons. The number of hydrogen-bond donors (Lipinski definition) is 2. The van der Waals surface area contributed by atoms with Crippen LogP contribution in [-0.4, -0.2) is 24.0 Å². The Labute approximate surface area is 107 Å². The molecule has 1 aromatic rings. The molecule has 17 heavy (non-hydrogen) atoms. The van der Waals surface area contributed by atoms with Gasteiger partial charge >= 0.3 is 0 Å². The minimum atomic E-state index is -0.429. The molecule has 0 heterocycles. The van der Waals surface area contributed by atoms with E-state index in [1.807, 2.05) is 38.3 Å². The van der Waals surface area contributed by atoms with Crippen LogP contribution in [0.4, 0.5) is 5.69 Å². The van der Waals surface area contributed by atoms with Crippen LogP contribution in [0, 0.1) is 13.8 Å². The van der Waals surface area contributed by atoms with Gasteiger partial charge in [-0.1, -0.05) is 18.2 Å². The molecule has 0 aromatic heterocycles. The standard InChI is InChI=1S/C13H20N2OS/c1-9-5-4-6-10(2)12(9)15-13(16)11(14)7-8-17-3/h4-6,11H,7-8,14H2,1-3H3,(H,15,16)/t11-/m1/s1. The molecule has 0 saturated heterocycles. The molecular weight excluding hydrogens is 232 g/mol. The number of nitrogens with one attached hydrogen (secondary N) is 1. The normalized spacial score (nSPS) is 12.2. The number of thioether (sulfide) groups is 1. The Kier molecular flexibility index (Phi) is 5.51. The van der Waals surface area contributed by atoms with E-state index < -0.39 is 6.04 Å². The summed E-state index contributed by atoms with van der Waals surface area (Å²) in [5.41, 5.74) is 8.84. The first kappa shape index (κ1) is 14.1. The zero-order chi connectivity index (χ0) is 12.8. The smallest absolute Gasteiger partial charge is 0.241 e. The summed E-state index contributed by atoms with van der Waals surface area (Å²) in [6, 6.07) is 5.52. The molecule has 0 aliphatic heterocycles. The Balaban J connectivity index is 2.68. The molecule has 0 fully saturated rings. The zero-order valence-corrected chi connectivity index (χ0v) is 11.4. The first-order valence-corrected chi connectivity index (χ1v) is 7.07.